The SMILES string of the molecule is CNc1ccc(/C(C#N)=C(\C#N)C(=O)OC)cc1. The van der Waals surface area contributed by atoms with Gasteiger partial charge in [0.05, 0.1) is 12.7 Å². The molecule has 0 radical (unpaired) electrons. The highest BCUT2D eigenvalue weighted by Gasteiger charge is 2.17. The number of carbonyl (C=O) groups excluding carboxylic acids is 1. The molecule has 0 aliphatic rings. The monoisotopic (exact) mass is 241 g/mol. The zero-order chi connectivity index (χ0) is 13.5. The van der Waals surface area contributed by atoms with Gasteiger partial charge in [0.1, 0.15) is 12.1 Å². The van der Waals surface area contributed by atoms with Crippen LogP contribution in [0.25, 0.3) is 5.57 Å². The molecule has 1 aromatic carbocycles. The lowest BCUT2D eigenvalue weighted by Crippen LogP contribution is -2.05. The Morgan fingerprint density at radius 1 is 1.22 bits per heavy atom. The summed E-state index contributed by atoms with van der Waals surface area (Å²) >= 11 is 0. The molecular weight excluding hydrogens is 230 g/mol. The summed E-state index contributed by atoms with van der Waals surface area (Å²) in [5, 5.41) is 20.9. The molecule has 18 heavy (non-hydrogen) atoms. The van der Waals surface area contributed by atoms with Crippen LogP contribution >= 0.6 is 0 Å². The van der Waals surface area contributed by atoms with Gasteiger partial charge in [-0.1, -0.05) is 12.1 Å². The Kier molecular flexibility index (Phi) is 4.48. The Hall–Kier alpha value is -2.79. The van der Waals surface area contributed by atoms with Crippen LogP contribution in [-0.4, -0.2) is 20.1 Å². The smallest absolute Gasteiger partial charge is 0.350 e. The number of allylic oxidation sites excluding steroid dienone is 1. The topological polar surface area (TPSA) is 85.9 Å². The number of anilines is 1. The van der Waals surface area contributed by atoms with Gasteiger partial charge in [-0.3, -0.25) is 0 Å². The Bertz CT molecular complexity index is 559. The second kappa shape index (κ2) is 6.07. The summed E-state index contributed by atoms with van der Waals surface area (Å²) in [4.78, 5) is 11.4. The van der Waals surface area contributed by atoms with Gasteiger partial charge in [0, 0.05) is 12.7 Å². The lowest BCUT2D eigenvalue weighted by molar-refractivity contribution is -0.135. The van der Waals surface area contributed by atoms with Gasteiger partial charge in [0.15, 0.2) is 5.57 Å². The minimum atomic E-state index is -0.813. The van der Waals surface area contributed by atoms with Crippen LogP contribution in [0.15, 0.2) is 29.8 Å². The molecule has 0 aliphatic carbocycles. The molecule has 5 nitrogen and oxygen atoms in total. The molecule has 0 heterocycles. The van der Waals surface area contributed by atoms with Crippen LogP contribution in [-0.2, 0) is 9.53 Å². The fourth-order valence-corrected chi connectivity index (χ4v) is 1.37. The summed E-state index contributed by atoms with van der Waals surface area (Å²) in [5.41, 5.74) is 1.08. The summed E-state index contributed by atoms with van der Waals surface area (Å²) < 4.78 is 4.47. The number of esters is 1. The highest BCUT2D eigenvalue weighted by atomic mass is 16.5. The van der Waals surface area contributed by atoms with E-state index in [9.17, 15) is 4.79 Å². The van der Waals surface area contributed by atoms with E-state index in [4.69, 9.17) is 10.5 Å². The first-order valence-corrected chi connectivity index (χ1v) is 5.09. The number of nitrogens with zero attached hydrogens (tertiary/aromatic N) is 2. The molecule has 0 bridgehead atoms. The van der Waals surface area contributed by atoms with E-state index in [2.05, 4.69) is 10.1 Å². The van der Waals surface area contributed by atoms with Crippen LogP contribution in [0.2, 0.25) is 0 Å². The summed E-state index contributed by atoms with van der Waals surface area (Å²) in [7, 11) is 2.93. The number of methoxy groups -OCH3 is 1. The maximum atomic E-state index is 11.4. The third kappa shape index (κ3) is 2.66. The Morgan fingerprint density at radius 3 is 2.22 bits per heavy atom. The minimum absolute atomic E-state index is 0.00648. The second-order valence-electron chi connectivity index (χ2n) is 3.29. The molecule has 0 aliphatic heterocycles. The standard InChI is InChI=1S/C13H11N3O2/c1-16-10-5-3-9(4-6-10)11(7-14)12(8-15)13(17)18-2/h3-6,16H,1-2H3/b12-11+. The molecule has 0 fully saturated rings. The Morgan fingerprint density at radius 2 is 1.83 bits per heavy atom. The highest BCUT2D eigenvalue weighted by Crippen LogP contribution is 2.20. The fraction of sp³-hybridized carbons (Fsp3) is 0.154. The molecular formula is C13H11N3O2. The van der Waals surface area contributed by atoms with Gasteiger partial charge in [0.2, 0.25) is 0 Å². The molecule has 0 amide bonds. The number of hydrogen-bond acceptors (Lipinski definition) is 5. The van der Waals surface area contributed by atoms with Crippen molar-refractivity contribution in [2.75, 3.05) is 19.5 Å². The Labute approximate surface area is 105 Å². The quantitative estimate of drug-likeness (QED) is 0.494. The first kappa shape index (κ1) is 13.3. The fourth-order valence-electron chi connectivity index (χ4n) is 1.37. The van der Waals surface area contributed by atoms with E-state index < -0.39 is 5.97 Å². The number of hydrogen-bond donors (Lipinski definition) is 1. The van der Waals surface area contributed by atoms with Crippen molar-refractivity contribution in [3.63, 3.8) is 0 Å². The van der Waals surface area contributed by atoms with Crippen LogP contribution in [0, 0.1) is 22.7 Å². The number of nitrogens with one attached hydrogen (secondary N) is 1. The van der Waals surface area contributed by atoms with Crippen molar-refractivity contribution in [3.8, 4) is 12.1 Å². The summed E-state index contributed by atoms with van der Waals surface area (Å²) in [6, 6.07) is 10.4. The predicted octanol–water partition coefficient (Wildman–Crippen LogP) is 1.70. The maximum absolute atomic E-state index is 11.4. The molecule has 1 N–H and O–H groups in total. The van der Waals surface area contributed by atoms with Gasteiger partial charge in [0.25, 0.3) is 0 Å². The largest absolute Gasteiger partial charge is 0.465 e. The van der Waals surface area contributed by atoms with Crippen molar-refractivity contribution in [3.05, 3.63) is 35.4 Å². The average molecular weight is 241 g/mol. The van der Waals surface area contributed by atoms with Crippen LogP contribution in [0.1, 0.15) is 5.56 Å². The summed E-state index contributed by atoms with van der Waals surface area (Å²) in [6.07, 6.45) is 0. The molecule has 1 rings (SSSR count). The first-order valence-electron chi connectivity index (χ1n) is 5.09. The lowest BCUT2D eigenvalue weighted by Gasteiger charge is -2.04. The van der Waals surface area contributed by atoms with Gasteiger partial charge in [-0.05, 0) is 17.7 Å². The number of carbonyl (C=O) groups is 1. The van der Waals surface area contributed by atoms with Crippen molar-refractivity contribution < 1.29 is 9.53 Å². The van der Waals surface area contributed by atoms with Crippen LogP contribution in [0.5, 0.6) is 0 Å². The molecule has 0 saturated heterocycles. The molecule has 90 valence electrons. The minimum Gasteiger partial charge on any atom is -0.465 e. The maximum Gasteiger partial charge on any atom is 0.350 e. The van der Waals surface area contributed by atoms with Crippen molar-refractivity contribution >= 4 is 17.2 Å². The molecule has 1 aromatic rings. The molecule has 5 heteroatoms. The van der Waals surface area contributed by atoms with Gasteiger partial charge in [-0.25, -0.2) is 4.79 Å². The number of benzene rings is 1. The van der Waals surface area contributed by atoms with Gasteiger partial charge < -0.3 is 10.1 Å². The average Bonchev–Trinajstić information content (AvgIpc) is 2.44. The van der Waals surface area contributed by atoms with Gasteiger partial charge >= 0.3 is 5.97 Å². The van der Waals surface area contributed by atoms with E-state index in [1.54, 1.807) is 37.4 Å². The molecule has 0 aromatic heterocycles. The summed E-state index contributed by atoms with van der Waals surface area (Å²) in [5.74, 6) is -0.813. The van der Waals surface area contributed by atoms with Crippen LogP contribution < -0.4 is 5.32 Å². The van der Waals surface area contributed by atoms with E-state index in [0.717, 1.165) is 5.69 Å². The normalized spacial score (nSPS) is 10.7. The van der Waals surface area contributed by atoms with Crippen molar-refractivity contribution in [1.29, 1.82) is 10.5 Å². The molecule has 0 saturated carbocycles. The number of nitriles is 2. The molecule has 0 unspecified atom stereocenters. The predicted molar refractivity (Wildman–Crippen MR) is 66.2 cm³/mol. The van der Waals surface area contributed by atoms with E-state index in [0.29, 0.717) is 5.56 Å². The second-order valence-corrected chi connectivity index (χ2v) is 3.29. The van der Waals surface area contributed by atoms with E-state index in [-0.39, 0.29) is 11.1 Å². The first-order chi connectivity index (χ1) is 8.67. The number of rotatable bonds is 3. The van der Waals surface area contributed by atoms with Crippen molar-refractivity contribution in [2.45, 2.75) is 0 Å². The zero-order valence-corrected chi connectivity index (χ0v) is 10.0. The van der Waals surface area contributed by atoms with Gasteiger partial charge in [-0.15, -0.1) is 0 Å². The lowest BCUT2D eigenvalue weighted by atomic mass is 10.0. The zero-order valence-electron chi connectivity index (χ0n) is 10.0. The molecule has 0 spiro atoms. The van der Waals surface area contributed by atoms with Gasteiger partial charge in [-0.2, -0.15) is 10.5 Å². The Balaban J connectivity index is 3.32. The van der Waals surface area contributed by atoms with Crippen molar-refractivity contribution in [1.82, 2.24) is 0 Å². The van der Waals surface area contributed by atoms with E-state index in [1.165, 1.54) is 7.11 Å². The number of ether oxygens (including phenoxy) is 1. The third-order valence-electron chi connectivity index (χ3n) is 2.33. The van der Waals surface area contributed by atoms with Crippen LogP contribution in [0.4, 0.5) is 5.69 Å². The molecule has 0 atom stereocenters. The van der Waals surface area contributed by atoms with E-state index in [1.807, 2.05) is 6.07 Å². The summed E-state index contributed by atoms with van der Waals surface area (Å²) in [6.45, 7) is 0. The third-order valence-corrected chi connectivity index (χ3v) is 2.33. The van der Waals surface area contributed by atoms with Crippen molar-refractivity contribution in [2.24, 2.45) is 0 Å². The van der Waals surface area contributed by atoms with Crippen LogP contribution in [0.3, 0.4) is 0 Å². The van der Waals surface area contributed by atoms with E-state index >= 15 is 0 Å². The highest BCUT2D eigenvalue weighted by molar-refractivity contribution is 6.04.